The molecule has 218 valence electrons. The molecule has 2 aromatic heterocycles. The number of nitrogens with two attached hydrogens (primary N) is 1. The molecular weight excluding hydrogens is 587 g/mol. The zero-order valence-corrected chi connectivity index (χ0v) is 24.4. The van der Waals surface area contributed by atoms with Crippen LogP contribution < -0.4 is 15.6 Å². The van der Waals surface area contributed by atoms with Crippen molar-refractivity contribution >= 4 is 47.2 Å². The smallest absolute Gasteiger partial charge is 0.305 e. The molecular formula is C23H30ClN6O8PS. The van der Waals surface area contributed by atoms with E-state index >= 15 is 0 Å². The van der Waals surface area contributed by atoms with Crippen molar-refractivity contribution in [2.45, 2.75) is 57.5 Å². The van der Waals surface area contributed by atoms with Gasteiger partial charge in [0.15, 0.2) is 16.4 Å². The first kappa shape index (κ1) is 30.4. The van der Waals surface area contributed by atoms with Gasteiger partial charge < -0.3 is 49.8 Å². The molecule has 40 heavy (non-hydrogen) atoms. The summed E-state index contributed by atoms with van der Waals surface area (Å²) in [7, 11) is 0. The van der Waals surface area contributed by atoms with Gasteiger partial charge in [-0.3, -0.25) is 4.57 Å². The Morgan fingerprint density at radius 3 is 2.62 bits per heavy atom. The molecule has 4 rings (SSSR count). The zero-order valence-electron chi connectivity index (χ0n) is 21.9. The van der Waals surface area contributed by atoms with Gasteiger partial charge in [-0.15, -0.1) is 0 Å². The fraction of sp³-hybridized carbons (Fsp3) is 0.435. The second kappa shape index (κ2) is 11.4. The predicted molar refractivity (Wildman–Crippen MR) is 148 cm³/mol. The molecule has 0 radical (unpaired) electrons. The lowest BCUT2D eigenvalue weighted by molar-refractivity contribution is -0.317. The van der Waals surface area contributed by atoms with Gasteiger partial charge in [0.1, 0.15) is 29.8 Å². The lowest BCUT2D eigenvalue weighted by atomic mass is 9.94. The molecule has 7 N–H and O–H groups in total. The number of rotatable bonds is 10. The van der Waals surface area contributed by atoms with Crippen molar-refractivity contribution in [3.05, 3.63) is 53.5 Å². The van der Waals surface area contributed by atoms with Crippen molar-refractivity contribution in [2.24, 2.45) is 0 Å². The van der Waals surface area contributed by atoms with Crippen LogP contribution in [-0.2, 0) is 31.7 Å². The van der Waals surface area contributed by atoms with E-state index in [4.69, 9.17) is 47.9 Å². The van der Waals surface area contributed by atoms with Crippen molar-refractivity contribution in [1.82, 2.24) is 24.6 Å². The summed E-state index contributed by atoms with van der Waals surface area (Å²) in [6.45, 7) is 2.01. The van der Waals surface area contributed by atoms with E-state index in [1.54, 1.807) is 45.0 Å². The topological polar surface area (TPSA) is 199 Å². The largest absolute Gasteiger partial charge is 0.461 e. The summed E-state index contributed by atoms with van der Waals surface area (Å²) in [5.41, 5.74) is 3.63. The van der Waals surface area contributed by atoms with Gasteiger partial charge in [-0.1, -0.05) is 29.8 Å². The zero-order chi connectivity index (χ0) is 29.5. The van der Waals surface area contributed by atoms with E-state index in [-0.39, 0.29) is 40.0 Å². The number of imidazole rings is 1. The number of halogens is 1. The molecule has 1 saturated heterocycles. The number of nitrogens with one attached hydrogen (secondary N) is 1. The number of hydrogen-bond donors (Lipinski definition) is 6. The molecule has 5 atom stereocenters. The Morgan fingerprint density at radius 2 is 1.98 bits per heavy atom. The number of nitrogen functional groups attached to an aromatic ring is 1. The van der Waals surface area contributed by atoms with Gasteiger partial charge in [0, 0.05) is 0 Å². The molecule has 3 aromatic rings. The molecule has 3 heterocycles. The number of nitrogens with zero attached hydrogens (tertiary/aromatic N) is 4. The Hall–Kier alpha value is -2.59. The van der Waals surface area contributed by atoms with Crippen LogP contribution in [0.25, 0.3) is 11.2 Å². The average Bonchev–Trinajstić information content (AvgIpc) is 3.36. The van der Waals surface area contributed by atoms with Crippen molar-refractivity contribution in [3.8, 4) is 5.75 Å². The van der Waals surface area contributed by atoms with Crippen molar-refractivity contribution in [1.29, 1.82) is 0 Å². The molecule has 0 aliphatic carbocycles. The Kier molecular flexibility index (Phi) is 8.62. The number of para-hydroxylation sites is 1. The van der Waals surface area contributed by atoms with Gasteiger partial charge in [0.25, 0.3) is 12.6 Å². The summed E-state index contributed by atoms with van der Waals surface area (Å²) >= 11 is 11.3. The minimum atomic E-state index is -3.79. The number of fused-ring (bicyclic) bond motifs is 1. The summed E-state index contributed by atoms with van der Waals surface area (Å²) in [6, 6.07) is 8.86. The average molecular weight is 617 g/mol. The number of anilines is 1. The first-order chi connectivity index (χ1) is 18.6. The predicted octanol–water partition coefficient (Wildman–Crippen LogP) is 1.69. The Balaban J connectivity index is 1.52. The first-order valence-corrected chi connectivity index (χ1v) is 15.0. The van der Waals surface area contributed by atoms with Gasteiger partial charge >= 0.3 is 5.95 Å². The van der Waals surface area contributed by atoms with Crippen molar-refractivity contribution in [2.75, 3.05) is 12.3 Å². The summed E-state index contributed by atoms with van der Waals surface area (Å²) < 4.78 is 23.7. The van der Waals surface area contributed by atoms with Crippen LogP contribution in [0.15, 0.2) is 48.3 Å². The van der Waals surface area contributed by atoms with E-state index < -0.39 is 37.0 Å². The lowest BCUT2D eigenvalue weighted by Gasteiger charge is -2.34. The van der Waals surface area contributed by atoms with Crippen LogP contribution in [0.3, 0.4) is 0 Å². The molecule has 0 spiro atoms. The number of benzene rings is 1. The first-order valence-electron chi connectivity index (χ1n) is 12.0. The third kappa shape index (κ3) is 6.03. The van der Waals surface area contributed by atoms with E-state index in [1.807, 2.05) is 6.07 Å². The third-order valence-electron chi connectivity index (χ3n) is 5.93. The minimum Gasteiger partial charge on any atom is -0.461 e. The van der Waals surface area contributed by atoms with Gasteiger partial charge in [-0.2, -0.15) is 9.97 Å². The maximum absolute atomic E-state index is 11.4. The van der Waals surface area contributed by atoms with E-state index in [9.17, 15) is 20.2 Å². The van der Waals surface area contributed by atoms with E-state index in [2.05, 4.69) is 20.0 Å². The highest BCUT2D eigenvalue weighted by atomic mass is 35.5. The molecule has 0 bridgehead atoms. The minimum absolute atomic E-state index is 0.0557. The highest BCUT2D eigenvalue weighted by Crippen LogP contribution is 2.46. The van der Waals surface area contributed by atoms with Crippen LogP contribution in [0.5, 0.6) is 5.75 Å². The fourth-order valence-corrected chi connectivity index (χ4v) is 5.68. The SMILES string of the molecule is CC(N[P@@](O)(=S)OC[C@H]1O[C@](O)(n2cnc3c(Cl)nc(N)nc32)[C@](C)(O)[C@@H]1O)=C(Oc1ccccc1)OC(C)C. The summed E-state index contributed by atoms with van der Waals surface area (Å²) in [4.78, 5) is 22.7. The van der Waals surface area contributed by atoms with Crippen LogP contribution in [0.2, 0.25) is 5.15 Å². The van der Waals surface area contributed by atoms with Crippen LogP contribution >= 0.6 is 18.2 Å². The number of aromatic nitrogens is 4. The summed E-state index contributed by atoms with van der Waals surface area (Å²) in [5, 5.41) is 36.0. The van der Waals surface area contributed by atoms with Gasteiger partial charge in [-0.25, -0.2) is 4.98 Å². The van der Waals surface area contributed by atoms with Crippen LogP contribution in [0, 0.1) is 0 Å². The van der Waals surface area contributed by atoms with Crippen LogP contribution in [0.4, 0.5) is 5.95 Å². The number of ether oxygens (including phenoxy) is 3. The summed E-state index contributed by atoms with van der Waals surface area (Å²) in [6.07, 6.45) is -2.23. The van der Waals surface area contributed by atoms with Crippen LogP contribution in [0.1, 0.15) is 27.7 Å². The molecule has 0 unspecified atom stereocenters. The van der Waals surface area contributed by atoms with E-state index in [0.29, 0.717) is 5.75 Å². The maximum atomic E-state index is 11.4. The molecule has 1 fully saturated rings. The highest BCUT2D eigenvalue weighted by Gasteiger charge is 2.64. The molecule has 14 nitrogen and oxygen atoms in total. The molecule has 0 saturated carbocycles. The Bertz CT molecular complexity index is 1460. The van der Waals surface area contributed by atoms with Gasteiger partial charge in [0.05, 0.1) is 18.4 Å². The normalized spacial score (nSPS) is 26.9. The molecule has 1 aliphatic rings. The van der Waals surface area contributed by atoms with Gasteiger partial charge in [0.2, 0.25) is 5.95 Å². The molecule has 17 heteroatoms. The fourth-order valence-electron chi connectivity index (χ4n) is 3.94. The van der Waals surface area contributed by atoms with Crippen LogP contribution in [-0.4, -0.2) is 70.3 Å². The maximum Gasteiger partial charge on any atom is 0.305 e. The summed E-state index contributed by atoms with van der Waals surface area (Å²) in [5.74, 6) is -2.25. The van der Waals surface area contributed by atoms with E-state index in [1.165, 1.54) is 0 Å². The second-order valence-electron chi connectivity index (χ2n) is 9.44. The number of aliphatic hydroxyl groups is 3. The lowest BCUT2D eigenvalue weighted by Crippen LogP contribution is -2.55. The van der Waals surface area contributed by atoms with Crippen molar-refractivity contribution in [3.63, 3.8) is 0 Å². The standard InChI is InChI=1S/C23H30ClN6O8PS/c1-12(2)36-20(37-14-8-6-5-7-9-14)13(3)29-39(34,40)35-10-15-17(31)22(4,32)23(33,38-15)30-11-26-16-18(24)27-21(25)28-19(16)30/h5-9,11-12,15,17,31-33H,10H2,1-4H3,(H2,25,27,28)(H2,29,34,40)/t15-,17-,22-,23+,39+/m1/s1. The highest BCUT2D eigenvalue weighted by molar-refractivity contribution is 8.08. The second-order valence-corrected chi connectivity index (χ2v) is 12.8. The van der Waals surface area contributed by atoms with Crippen molar-refractivity contribution < 1.29 is 38.9 Å². The quantitative estimate of drug-likeness (QED) is 0.109. The molecule has 0 amide bonds. The molecule has 1 aliphatic heterocycles. The Morgan fingerprint density at radius 1 is 1.30 bits per heavy atom. The number of aliphatic hydroxyl groups excluding tert-OH is 1. The Labute approximate surface area is 239 Å². The third-order valence-corrected chi connectivity index (χ3v) is 7.90. The van der Waals surface area contributed by atoms with Gasteiger partial charge in [-0.05, 0) is 51.6 Å². The molecule has 1 aromatic carbocycles. The van der Waals surface area contributed by atoms with E-state index in [0.717, 1.165) is 17.8 Å². The number of hydrogen-bond acceptors (Lipinski definition) is 12. The number of allylic oxidation sites excluding steroid dienone is 1. The monoisotopic (exact) mass is 616 g/mol.